The molecule has 0 fully saturated rings. The van der Waals surface area contributed by atoms with Gasteiger partial charge in [0, 0.05) is 13.1 Å². The largest absolute Gasteiger partial charge is 0.354 e. The Labute approximate surface area is 251 Å². The maximum absolute atomic E-state index is 13.9. The number of amides is 2. The zero-order chi connectivity index (χ0) is 29.6. The summed E-state index contributed by atoms with van der Waals surface area (Å²) in [6.07, 6.45) is 0. The molecule has 0 aliphatic rings. The highest BCUT2D eigenvalue weighted by molar-refractivity contribution is 7.92. The first-order valence-electron chi connectivity index (χ1n) is 12.7. The van der Waals surface area contributed by atoms with Crippen LogP contribution in [0.5, 0.6) is 0 Å². The summed E-state index contributed by atoms with van der Waals surface area (Å²) in [7, 11) is -4.21. The highest BCUT2D eigenvalue weighted by Crippen LogP contribution is 2.31. The molecule has 0 aliphatic heterocycles. The van der Waals surface area contributed by atoms with Crippen LogP contribution in [0.25, 0.3) is 0 Å². The summed E-state index contributed by atoms with van der Waals surface area (Å²) in [5.74, 6) is -0.771. The molecule has 0 bridgehead atoms. The van der Waals surface area contributed by atoms with Crippen molar-refractivity contribution in [3.8, 4) is 0 Å². The van der Waals surface area contributed by atoms with Crippen LogP contribution in [0.1, 0.15) is 31.9 Å². The van der Waals surface area contributed by atoms with Crippen molar-refractivity contribution in [2.24, 2.45) is 5.92 Å². The third kappa shape index (κ3) is 7.91. The Morgan fingerprint density at radius 3 is 2.12 bits per heavy atom. The Morgan fingerprint density at radius 2 is 1.52 bits per heavy atom. The van der Waals surface area contributed by atoms with Gasteiger partial charge in [0.25, 0.3) is 10.0 Å². The Hall–Kier alpha value is -2.78. The number of nitrogens with zero attached hydrogens (tertiary/aromatic N) is 2. The topological polar surface area (TPSA) is 86.8 Å². The second-order valence-electron chi connectivity index (χ2n) is 9.86. The molecule has 11 heteroatoms. The predicted octanol–water partition coefficient (Wildman–Crippen LogP) is 6.34. The lowest BCUT2D eigenvalue weighted by Gasteiger charge is -2.32. The minimum Gasteiger partial charge on any atom is -0.354 e. The van der Waals surface area contributed by atoms with Gasteiger partial charge in [-0.25, -0.2) is 8.42 Å². The van der Waals surface area contributed by atoms with E-state index in [-0.39, 0.29) is 34.0 Å². The minimum absolute atomic E-state index is 0.00424. The molecule has 7 nitrogen and oxygen atoms in total. The van der Waals surface area contributed by atoms with E-state index < -0.39 is 28.5 Å². The van der Waals surface area contributed by atoms with Gasteiger partial charge < -0.3 is 10.2 Å². The molecule has 3 aromatic carbocycles. The summed E-state index contributed by atoms with van der Waals surface area (Å²) in [4.78, 5) is 28.3. The Balaban J connectivity index is 2.04. The van der Waals surface area contributed by atoms with Crippen LogP contribution in [-0.4, -0.2) is 44.3 Å². The van der Waals surface area contributed by atoms with E-state index in [0.29, 0.717) is 22.2 Å². The lowest BCUT2D eigenvalue weighted by Crippen LogP contribution is -2.51. The van der Waals surface area contributed by atoms with E-state index in [2.05, 4.69) is 5.32 Å². The number of sulfonamides is 1. The lowest BCUT2D eigenvalue weighted by molar-refractivity contribution is -0.139. The third-order valence-electron chi connectivity index (χ3n) is 6.20. The van der Waals surface area contributed by atoms with Crippen LogP contribution in [0, 0.1) is 12.8 Å². The molecule has 1 N–H and O–H groups in total. The van der Waals surface area contributed by atoms with Gasteiger partial charge in [-0.05, 0) is 61.7 Å². The SMILES string of the molecule is Cc1ccc(S(=O)(=O)N(CC(=O)N(Cc2ccc(Cl)c(Cl)c2)C(C)C(=O)NCC(C)C)c2ccccc2Cl)cc1. The summed E-state index contributed by atoms with van der Waals surface area (Å²) in [5.41, 5.74) is 1.65. The van der Waals surface area contributed by atoms with Crippen LogP contribution in [0.4, 0.5) is 5.69 Å². The molecule has 0 saturated heterocycles. The average Bonchev–Trinajstić information content (AvgIpc) is 2.91. The van der Waals surface area contributed by atoms with Crippen molar-refractivity contribution < 1.29 is 18.0 Å². The number of halogens is 3. The number of carbonyl (C=O) groups excluding carboxylic acids is 2. The Morgan fingerprint density at radius 1 is 0.875 bits per heavy atom. The fraction of sp³-hybridized carbons (Fsp3) is 0.310. The van der Waals surface area contributed by atoms with E-state index in [4.69, 9.17) is 34.8 Å². The summed E-state index contributed by atoms with van der Waals surface area (Å²) >= 11 is 18.7. The Kier molecular flexibility index (Phi) is 10.9. The summed E-state index contributed by atoms with van der Waals surface area (Å²) in [5, 5.41) is 3.65. The first-order valence-corrected chi connectivity index (χ1v) is 15.2. The van der Waals surface area contributed by atoms with Gasteiger partial charge in [0.15, 0.2) is 0 Å². The quantitative estimate of drug-likeness (QED) is 0.270. The van der Waals surface area contributed by atoms with E-state index in [1.807, 2.05) is 20.8 Å². The highest BCUT2D eigenvalue weighted by atomic mass is 35.5. The fourth-order valence-electron chi connectivity index (χ4n) is 3.87. The molecule has 3 rings (SSSR count). The monoisotopic (exact) mass is 623 g/mol. The highest BCUT2D eigenvalue weighted by Gasteiger charge is 2.33. The number of rotatable bonds is 11. The van der Waals surface area contributed by atoms with Gasteiger partial charge in [0.1, 0.15) is 12.6 Å². The molecular weight excluding hydrogens is 593 g/mol. The molecule has 1 atom stereocenters. The van der Waals surface area contributed by atoms with Gasteiger partial charge in [-0.1, -0.05) is 84.5 Å². The number of anilines is 1. The molecule has 0 radical (unpaired) electrons. The summed E-state index contributed by atoms with van der Waals surface area (Å²) in [6.45, 7) is 7.18. The molecule has 0 aliphatic carbocycles. The van der Waals surface area contributed by atoms with Crippen LogP contribution >= 0.6 is 34.8 Å². The smallest absolute Gasteiger partial charge is 0.264 e. The number of carbonyl (C=O) groups is 2. The average molecular weight is 625 g/mol. The summed E-state index contributed by atoms with van der Waals surface area (Å²) in [6, 6.07) is 16.7. The molecule has 40 heavy (non-hydrogen) atoms. The zero-order valence-electron chi connectivity index (χ0n) is 22.7. The van der Waals surface area contributed by atoms with Crippen LogP contribution in [0.2, 0.25) is 15.1 Å². The Bertz CT molecular complexity index is 1460. The maximum atomic E-state index is 13.9. The van der Waals surface area contributed by atoms with Gasteiger partial charge in [-0.3, -0.25) is 13.9 Å². The predicted molar refractivity (Wildman–Crippen MR) is 161 cm³/mol. The van der Waals surface area contributed by atoms with Crippen molar-refractivity contribution in [2.45, 2.75) is 45.2 Å². The molecule has 3 aromatic rings. The number of para-hydroxylation sites is 1. The molecule has 0 heterocycles. The van der Waals surface area contributed by atoms with Gasteiger partial charge in [-0.15, -0.1) is 0 Å². The maximum Gasteiger partial charge on any atom is 0.264 e. The van der Waals surface area contributed by atoms with E-state index in [9.17, 15) is 18.0 Å². The van der Waals surface area contributed by atoms with Gasteiger partial charge >= 0.3 is 0 Å². The first kappa shape index (κ1) is 31.7. The minimum atomic E-state index is -4.21. The van der Waals surface area contributed by atoms with Gasteiger partial charge in [0.05, 0.1) is 25.7 Å². The lowest BCUT2D eigenvalue weighted by atomic mass is 10.1. The third-order valence-corrected chi connectivity index (χ3v) is 9.03. The number of benzene rings is 3. The van der Waals surface area contributed by atoms with E-state index >= 15 is 0 Å². The van der Waals surface area contributed by atoms with Crippen LogP contribution < -0.4 is 9.62 Å². The van der Waals surface area contributed by atoms with E-state index in [1.54, 1.807) is 55.5 Å². The number of hydrogen-bond donors (Lipinski definition) is 1. The first-order chi connectivity index (χ1) is 18.8. The molecule has 0 aromatic heterocycles. The number of nitrogens with one attached hydrogen (secondary N) is 1. The molecule has 0 spiro atoms. The second kappa shape index (κ2) is 13.7. The van der Waals surface area contributed by atoms with Gasteiger partial charge in [-0.2, -0.15) is 0 Å². The van der Waals surface area contributed by atoms with Crippen molar-refractivity contribution >= 4 is 62.3 Å². The molecule has 214 valence electrons. The van der Waals surface area contributed by atoms with Crippen molar-refractivity contribution in [1.82, 2.24) is 10.2 Å². The van der Waals surface area contributed by atoms with Gasteiger partial charge in [0.2, 0.25) is 11.8 Å². The number of hydrogen-bond acceptors (Lipinski definition) is 4. The standard InChI is InChI=1S/C29H32Cl3N3O4S/c1-19(2)16-33-29(37)21(4)34(17-22-11-14-24(30)26(32)15-22)28(36)18-35(27-8-6-5-7-25(27)31)40(38,39)23-12-9-20(3)10-13-23/h5-15,19,21H,16-18H2,1-4H3,(H,33,37). The van der Waals surface area contributed by atoms with E-state index in [1.165, 1.54) is 23.1 Å². The van der Waals surface area contributed by atoms with Crippen molar-refractivity contribution in [3.63, 3.8) is 0 Å². The molecule has 1 unspecified atom stereocenters. The summed E-state index contributed by atoms with van der Waals surface area (Å²) < 4.78 is 28.7. The van der Waals surface area contributed by atoms with E-state index in [0.717, 1.165) is 9.87 Å². The van der Waals surface area contributed by atoms with Crippen LogP contribution in [0.15, 0.2) is 71.6 Å². The van der Waals surface area contributed by atoms with Crippen LogP contribution in [0.3, 0.4) is 0 Å². The molecule has 2 amide bonds. The molecule has 0 saturated carbocycles. The molecular formula is C29H32Cl3N3O4S. The van der Waals surface area contributed by atoms with Crippen molar-refractivity contribution in [1.29, 1.82) is 0 Å². The second-order valence-corrected chi connectivity index (χ2v) is 12.9. The fourth-order valence-corrected chi connectivity index (χ4v) is 5.92. The van der Waals surface area contributed by atoms with Crippen LogP contribution in [-0.2, 0) is 26.2 Å². The normalized spacial score (nSPS) is 12.2. The number of aryl methyl sites for hydroxylation is 1. The van der Waals surface area contributed by atoms with Crippen molar-refractivity contribution in [3.05, 3.63) is 92.9 Å². The van der Waals surface area contributed by atoms with Crippen molar-refractivity contribution in [2.75, 3.05) is 17.4 Å². The zero-order valence-corrected chi connectivity index (χ0v) is 25.8.